The molecule has 0 atom stereocenters. The fraction of sp³-hybridized carbons (Fsp3) is 0.263. The van der Waals surface area contributed by atoms with Crippen molar-refractivity contribution in [2.45, 2.75) is 13.1 Å². The standard InChI is InChI=1S/C19H19F3N2O4/c1-12-6-7-16(27-2)15(8-12)24-17(25)10-23-18(26)11-28-14-5-3-4-13(9-14)19(20,21)22/h3-9H,10-11H2,1-2H3,(H,23,26)(H,24,25). The van der Waals surface area contributed by atoms with E-state index in [0.29, 0.717) is 11.4 Å². The van der Waals surface area contributed by atoms with Crippen molar-refractivity contribution in [1.29, 1.82) is 0 Å². The van der Waals surface area contributed by atoms with E-state index in [-0.39, 0.29) is 12.3 Å². The molecule has 9 heteroatoms. The van der Waals surface area contributed by atoms with Crippen molar-refractivity contribution in [3.63, 3.8) is 0 Å². The Morgan fingerprint density at radius 1 is 1.07 bits per heavy atom. The SMILES string of the molecule is COc1ccc(C)cc1NC(=O)CNC(=O)COc1cccc(C(F)(F)F)c1. The number of carbonyl (C=O) groups is 2. The van der Waals surface area contributed by atoms with E-state index in [2.05, 4.69) is 10.6 Å². The van der Waals surface area contributed by atoms with Gasteiger partial charge in [-0.1, -0.05) is 12.1 Å². The van der Waals surface area contributed by atoms with Crippen LogP contribution in [0.3, 0.4) is 0 Å². The predicted molar refractivity (Wildman–Crippen MR) is 96.3 cm³/mol. The van der Waals surface area contributed by atoms with Gasteiger partial charge in [-0.25, -0.2) is 0 Å². The molecule has 0 aliphatic carbocycles. The number of amides is 2. The summed E-state index contributed by atoms with van der Waals surface area (Å²) >= 11 is 0. The lowest BCUT2D eigenvalue weighted by atomic mass is 10.2. The number of ether oxygens (including phenoxy) is 2. The van der Waals surface area contributed by atoms with Crippen molar-refractivity contribution in [3.05, 3.63) is 53.6 Å². The normalized spacial score (nSPS) is 10.9. The van der Waals surface area contributed by atoms with Gasteiger partial charge in [-0.2, -0.15) is 13.2 Å². The van der Waals surface area contributed by atoms with Gasteiger partial charge in [0.1, 0.15) is 11.5 Å². The van der Waals surface area contributed by atoms with Crippen LogP contribution >= 0.6 is 0 Å². The molecule has 0 aliphatic heterocycles. The number of hydrogen-bond acceptors (Lipinski definition) is 4. The summed E-state index contributed by atoms with van der Waals surface area (Å²) in [6.45, 7) is 0.992. The highest BCUT2D eigenvalue weighted by Gasteiger charge is 2.30. The Morgan fingerprint density at radius 3 is 2.50 bits per heavy atom. The molecule has 28 heavy (non-hydrogen) atoms. The molecule has 0 fully saturated rings. The Hall–Kier alpha value is -3.23. The lowest BCUT2D eigenvalue weighted by molar-refractivity contribution is -0.137. The summed E-state index contributed by atoms with van der Waals surface area (Å²) in [5, 5.41) is 4.94. The number of methoxy groups -OCH3 is 1. The average molecular weight is 396 g/mol. The summed E-state index contributed by atoms with van der Waals surface area (Å²) in [6.07, 6.45) is -4.50. The highest BCUT2D eigenvalue weighted by Crippen LogP contribution is 2.31. The minimum Gasteiger partial charge on any atom is -0.495 e. The number of nitrogens with one attached hydrogen (secondary N) is 2. The number of alkyl halides is 3. The molecule has 150 valence electrons. The smallest absolute Gasteiger partial charge is 0.416 e. The number of aryl methyl sites for hydroxylation is 1. The van der Waals surface area contributed by atoms with Crippen molar-refractivity contribution in [2.24, 2.45) is 0 Å². The number of halogens is 3. The van der Waals surface area contributed by atoms with Crippen molar-refractivity contribution in [1.82, 2.24) is 5.32 Å². The molecule has 0 aromatic heterocycles. The van der Waals surface area contributed by atoms with E-state index in [4.69, 9.17) is 9.47 Å². The topological polar surface area (TPSA) is 76.7 Å². The Morgan fingerprint density at radius 2 is 1.82 bits per heavy atom. The van der Waals surface area contributed by atoms with Crippen LogP contribution in [0, 0.1) is 6.92 Å². The second kappa shape index (κ2) is 9.12. The fourth-order valence-corrected chi connectivity index (χ4v) is 2.25. The zero-order valence-electron chi connectivity index (χ0n) is 15.2. The molecule has 0 unspecified atom stereocenters. The molecule has 2 aromatic carbocycles. The molecule has 0 saturated carbocycles. The molecule has 2 amide bonds. The van der Waals surface area contributed by atoms with E-state index in [1.54, 1.807) is 12.1 Å². The maximum absolute atomic E-state index is 12.6. The molecule has 0 heterocycles. The van der Waals surface area contributed by atoms with Crippen molar-refractivity contribution < 1.29 is 32.2 Å². The molecule has 0 aliphatic rings. The van der Waals surface area contributed by atoms with Gasteiger partial charge in [0.2, 0.25) is 5.91 Å². The van der Waals surface area contributed by atoms with Crippen LogP contribution in [0.5, 0.6) is 11.5 Å². The van der Waals surface area contributed by atoms with E-state index in [1.165, 1.54) is 19.2 Å². The number of anilines is 1. The monoisotopic (exact) mass is 396 g/mol. The third-order valence-electron chi connectivity index (χ3n) is 3.61. The minimum atomic E-state index is -4.50. The Bertz CT molecular complexity index is 853. The molecule has 2 aromatic rings. The first kappa shape index (κ1) is 21.1. The van der Waals surface area contributed by atoms with Crippen molar-refractivity contribution >= 4 is 17.5 Å². The van der Waals surface area contributed by atoms with Crippen molar-refractivity contribution in [2.75, 3.05) is 25.6 Å². The molecule has 0 saturated heterocycles. The first-order valence-corrected chi connectivity index (χ1v) is 8.20. The average Bonchev–Trinajstić information content (AvgIpc) is 2.64. The van der Waals surface area contributed by atoms with Crippen LogP contribution < -0.4 is 20.1 Å². The summed E-state index contributed by atoms with van der Waals surface area (Å²) in [6, 6.07) is 9.42. The zero-order valence-corrected chi connectivity index (χ0v) is 15.2. The van der Waals surface area contributed by atoms with Gasteiger partial charge in [-0.15, -0.1) is 0 Å². The molecule has 2 rings (SSSR count). The molecule has 0 bridgehead atoms. The van der Waals surface area contributed by atoms with Gasteiger partial charge < -0.3 is 20.1 Å². The van der Waals surface area contributed by atoms with Crippen LogP contribution in [-0.2, 0) is 15.8 Å². The number of rotatable bonds is 7. The third kappa shape index (κ3) is 6.19. The van der Waals surface area contributed by atoms with Gasteiger partial charge >= 0.3 is 6.18 Å². The molecule has 0 spiro atoms. The van der Waals surface area contributed by atoms with Crippen LogP contribution in [-0.4, -0.2) is 32.1 Å². The third-order valence-corrected chi connectivity index (χ3v) is 3.61. The van der Waals surface area contributed by atoms with E-state index >= 15 is 0 Å². The molecular weight excluding hydrogens is 377 g/mol. The van der Waals surface area contributed by atoms with Crippen LogP contribution in [0.15, 0.2) is 42.5 Å². The van der Waals surface area contributed by atoms with Crippen LogP contribution in [0.1, 0.15) is 11.1 Å². The Kier molecular flexibility index (Phi) is 6.86. The van der Waals surface area contributed by atoms with E-state index in [0.717, 1.165) is 17.7 Å². The van der Waals surface area contributed by atoms with E-state index in [9.17, 15) is 22.8 Å². The van der Waals surface area contributed by atoms with Gasteiger partial charge in [0.15, 0.2) is 6.61 Å². The van der Waals surface area contributed by atoms with Gasteiger partial charge in [0.25, 0.3) is 5.91 Å². The maximum Gasteiger partial charge on any atom is 0.416 e. The summed E-state index contributed by atoms with van der Waals surface area (Å²) < 4.78 is 48.1. The molecule has 2 N–H and O–H groups in total. The number of benzene rings is 2. The minimum absolute atomic E-state index is 0.0982. The summed E-state index contributed by atoms with van der Waals surface area (Å²) in [5.74, 6) is -0.767. The van der Waals surface area contributed by atoms with Gasteiger partial charge in [-0.05, 0) is 42.8 Å². The van der Waals surface area contributed by atoms with Crippen LogP contribution in [0.25, 0.3) is 0 Å². The van der Waals surface area contributed by atoms with E-state index in [1.807, 2.05) is 13.0 Å². The second-order valence-electron chi connectivity index (χ2n) is 5.84. The predicted octanol–water partition coefficient (Wildman–Crippen LogP) is 3.16. The number of carbonyl (C=O) groups excluding carboxylic acids is 2. The Balaban J connectivity index is 1.83. The summed E-state index contributed by atoms with van der Waals surface area (Å²) in [7, 11) is 1.47. The van der Waals surface area contributed by atoms with Crippen LogP contribution in [0.4, 0.5) is 18.9 Å². The first-order chi connectivity index (χ1) is 13.2. The maximum atomic E-state index is 12.6. The highest BCUT2D eigenvalue weighted by molar-refractivity contribution is 5.95. The zero-order chi connectivity index (χ0) is 20.7. The van der Waals surface area contributed by atoms with Gasteiger partial charge in [-0.3, -0.25) is 9.59 Å². The quantitative estimate of drug-likeness (QED) is 0.754. The molecular formula is C19H19F3N2O4. The van der Waals surface area contributed by atoms with Gasteiger partial charge in [0.05, 0.1) is 24.9 Å². The summed E-state index contributed by atoms with van der Waals surface area (Å²) in [5.41, 5.74) is 0.494. The van der Waals surface area contributed by atoms with Gasteiger partial charge in [0, 0.05) is 0 Å². The highest BCUT2D eigenvalue weighted by atomic mass is 19.4. The lowest BCUT2D eigenvalue weighted by Crippen LogP contribution is -2.35. The lowest BCUT2D eigenvalue weighted by Gasteiger charge is -2.12. The summed E-state index contributed by atoms with van der Waals surface area (Å²) in [4.78, 5) is 23.7. The number of hydrogen-bond donors (Lipinski definition) is 2. The largest absolute Gasteiger partial charge is 0.495 e. The first-order valence-electron chi connectivity index (χ1n) is 8.20. The second-order valence-corrected chi connectivity index (χ2v) is 5.84. The van der Waals surface area contributed by atoms with Crippen LogP contribution in [0.2, 0.25) is 0 Å². The Labute approximate surface area is 159 Å². The molecule has 0 radical (unpaired) electrons. The van der Waals surface area contributed by atoms with E-state index < -0.39 is 30.2 Å². The fourth-order valence-electron chi connectivity index (χ4n) is 2.25. The molecule has 6 nitrogen and oxygen atoms in total. The van der Waals surface area contributed by atoms with Crippen molar-refractivity contribution in [3.8, 4) is 11.5 Å².